The van der Waals surface area contributed by atoms with Crippen molar-refractivity contribution in [3.05, 3.63) is 30.9 Å². The summed E-state index contributed by atoms with van der Waals surface area (Å²) >= 11 is 4.04. The van der Waals surface area contributed by atoms with E-state index in [2.05, 4.69) is 22.6 Å². The van der Waals surface area contributed by atoms with Crippen LogP contribution in [0, 0.1) is 7.14 Å². The van der Waals surface area contributed by atoms with Gasteiger partial charge in [-0.05, 0) is 63.4 Å². The van der Waals surface area contributed by atoms with Crippen LogP contribution in [0.3, 0.4) is 0 Å². The fraction of sp³-hybridized carbons (Fsp3) is 0.125. The van der Waals surface area contributed by atoms with Crippen molar-refractivity contribution in [1.29, 1.82) is 0 Å². The molecule has 0 aliphatic heterocycles. The van der Waals surface area contributed by atoms with E-state index in [1.165, 1.54) is 0 Å². The summed E-state index contributed by atoms with van der Waals surface area (Å²) in [5.41, 5.74) is 0.368. The van der Waals surface area contributed by atoms with Gasteiger partial charge in [0.25, 0.3) is 5.91 Å². The van der Waals surface area contributed by atoms with Crippen LogP contribution in [0.1, 0.15) is 10.4 Å². The Morgan fingerprint density at radius 3 is 2.47 bits per heavy atom. The van der Waals surface area contributed by atoms with Crippen LogP contribution in [0.15, 0.2) is 18.2 Å². The molecule has 0 heterocycles. The summed E-state index contributed by atoms with van der Waals surface area (Å²) in [5.74, 6) is -0.597. The van der Waals surface area contributed by atoms with Crippen molar-refractivity contribution in [2.75, 3.05) is 6.26 Å². The zero-order valence-corrected chi connectivity index (χ0v) is 12.8. The molecule has 0 aliphatic rings. The van der Waals surface area contributed by atoms with Crippen LogP contribution < -0.4 is 4.72 Å². The highest BCUT2D eigenvalue weighted by atomic mass is 127. The van der Waals surface area contributed by atoms with E-state index in [1.807, 2.05) is 33.4 Å². The molecule has 0 spiro atoms. The predicted octanol–water partition coefficient (Wildman–Crippen LogP) is 1.59. The lowest BCUT2D eigenvalue weighted by Crippen LogP contribution is -2.29. The van der Waals surface area contributed by atoms with Crippen LogP contribution in [-0.2, 0) is 10.0 Å². The summed E-state index contributed by atoms with van der Waals surface area (Å²) in [4.78, 5) is 11.5. The number of benzene rings is 1. The number of halogens is 2. The molecule has 0 bridgehead atoms. The lowest BCUT2D eigenvalue weighted by Gasteiger charge is -2.05. The highest BCUT2D eigenvalue weighted by molar-refractivity contribution is 14.1. The Morgan fingerprint density at radius 2 is 1.93 bits per heavy atom. The Labute approximate surface area is 115 Å². The molecule has 15 heavy (non-hydrogen) atoms. The first-order chi connectivity index (χ1) is 6.79. The Morgan fingerprint density at radius 1 is 1.33 bits per heavy atom. The average molecular weight is 451 g/mol. The number of amides is 1. The number of carbonyl (C=O) groups excluding carboxylic acids is 1. The van der Waals surface area contributed by atoms with Gasteiger partial charge in [0.15, 0.2) is 0 Å². The van der Waals surface area contributed by atoms with E-state index in [0.717, 1.165) is 9.83 Å². The Bertz CT molecular complexity index is 499. The molecule has 0 aliphatic carbocycles. The van der Waals surface area contributed by atoms with E-state index in [9.17, 15) is 13.2 Å². The van der Waals surface area contributed by atoms with Crippen molar-refractivity contribution in [3.8, 4) is 0 Å². The largest absolute Gasteiger partial charge is 0.268 e. The minimum atomic E-state index is -3.51. The van der Waals surface area contributed by atoms with E-state index >= 15 is 0 Å². The molecule has 1 rings (SSSR count). The second-order valence-corrected chi connectivity index (χ2v) is 6.98. The molecule has 7 heteroatoms. The molecule has 1 aromatic carbocycles. The van der Waals surface area contributed by atoms with Crippen molar-refractivity contribution in [1.82, 2.24) is 4.72 Å². The average Bonchev–Trinajstić information content (AvgIpc) is 2.06. The van der Waals surface area contributed by atoms with Gasteiger partial charge >= 0.3 is 0 Å². The van der Waals surface area contributed by atoms with Gasteiger partial charge in [0.2, 0.25) is 10.0 Å². The van der Waals surface area contributed by atoms with Gasteiger partial charge in [-0.1, -0.05) is 0 Å². The number of hydrogen-bond acceptors (Lipinski definition) is 3. The van der Waals surface area contributed by atoms with E-state index in [4.69, 9.17) is 0 Å². The van der Waals surface area contributed by atoms with Gasteiger partial charge in [-0.3, -0.25) is 4.79 Å². The number of nitrogens with one attached hydrogen (secondary N) is 1. The summed E-state index contributed by atoms with van der Waals surface area (Å²) in [6, 6.07) is 5.25. The van der Waals surface area contributed by atoms with Crippen LogP contribution in [0.2, 0.25) is 0 Å². The first kappa shape index (κ1) is 13.2. The summed E-state index contributed by atoms with van der Waals surface area (Å²) in [6.07, 6.45) is 0.950. The molecular weight excluding hydrogens is 444 g/mol. The number of sulfonamides is 1. The van der Waals surface area contributed by atoms with Gasteiger partial charge in [-0.15, -0.1) is 0 Å². The summed E-state index contributed by atoms with van der Waals surface area (Å²) in [7, 11) is -3.51. The lowest BCUT2D eigenvalue weighted by atomic mass is 10.2. The highest BCUT2D eigenvalue weighted by Gasteiger charge is 2.14. The standard InChI is InChI=1S/C8H7I2NO3S/c1-15(13,14)11-8(12)6-4-5(9)2-3-7(6)10/h2-4H,1H3,(H,11,12). The second kappa shape index (κ2) is 4.95. The minimum Gasteiger partial charge on any atom is -0.268 e. The van der Waals surface area contributed by atoms with Crippen LogP contribution in [0.25, 0.3) is 0 Å². The molecule has 1 amide bonds. The predicted molar refractivity (Wildman–Crippen MR) is 74.2 cm³/mol. The Hall–Kier alpha value is 0.1000. The van der Waals surface area contributed by atoms with Gasteiger partial charge in [0, 0.05) is 7.14 Å². The molecule has 1 N–H and O–H groups in total. The molecule has 0 radical (unpaired) electrons. The number of rotatable bonds is 2. The van der Waals surface area contributed by atoms with E-state index in [0.29, 0.717) is 9.13 Å². The first-order valence-electron chi connectivity index (χ1n) is 3.77. The minimum absolute atomic E-state index is 0.368. The third-order valence-electron chi connectivity index (χ3n) is 1.45. The van der Waals surface area contributed by atoms with Gasteiger partial charge < -0.3 is 0 Å². The Balaban J connectivity index is 3.06. The van der Waals surface area contributed by atoms with Gasteiger partial charge in [-0.2, -0.15) is 0 Å². The Kier molecular flexibility index (Phi) is 4.35. The molecular formula is C8H7I2NO3S. The van der Waals surface area contributed by atoms with Crippen LogP contribution in [0.4, 0.5) is 0 Å². The summed E-state index contributed by atoms with van der Waals surface area (Å²) < 4.78 is 25.3. The zero-order chi connectivity index (χ0) is 11.6. The first-order valence-corrected chi connectivity index (χ1v) is 7.81. The fourth-order valence-corrected chi connectivity index (χ4v) is 2.41. The van der Waals surface area contributed by atoms with E-state index < -0.39 is 15.9 Å². The van der Waals surface area contributed by atoms with Gasteiger partial charge in [-0.25, -0.2) is 13.1 Å². The molecule has 0 aromatic heterocycles. The van der Waals surface area contributed by atoms with Crippen LogP contribution in [0.5, 0.6) is 0 Å². The van der Waals surface area contributed by atoms with Crippen LogP contribution in [-0.4, -0.2) is 20.6 Å². The summed E-state index contributed by atoms with van der Waals surface area (Å²) in [5, 5.41) is 0. The molecule has 0 unspecified atom stereocenters. The maximum Gasteiger partial charge on any atom is 0.265 e. The third-order valence-corrected chi connectivity index (χ3v) is 3.62. The topological polar surface area (TPSA) is 63.2 Å². The molecule has 82 valence electrons. The lowest BCUT2D eigenvalue weighted by molar-refractivity contribution is 0.0981. The van der Waals surface area contributed by atoms with E-state index in [-0.39, 0.29) is 0 Å². The van der Waals surface area contributed by atoms with Crippen molar-refractivity contribution >= 4 is 61.1 Å². The number of carbonyl (C=O) groups is 1. The van der Waals surface area contributed by atoms with Crippen molar-refractivity contribution in [3.63, 3.8) is 0 Å². The molecule has 0 saturated heterocycles. The number of hydrogen-bond donors (Lipinski definition) is 1. The molecule has 0 fully saturated rings. The van der Waals surface area contributed by atoms with Crippen LogP contribution >= 0.6 is 45.2 Å². The molecule has 0 atom stereocenters. The van der Waals surface area contributed by atoms with Gasteiger partial charge in [0.05, 0.1) is 11.8 Å². The third kappa shape index (κ3) is 4.23. The smallest absolute Gasteiger partial charge is 0.265 e. The molecule has 4 nitrogen and oxygen atoms in total. The molecule has 1 aromatic rings. The second-order valence-electron chi connectivity index (χ2n) is 2.83. The molecule has 0 saturated carbocycles. The van der Waals surface area contributed by atoms with Crippen molar-refractivity contribution in [2.45, 2.75) is 0 Å². The van der Waals surface area contributed by atoms with Crippen molar-refractivity contribution < 1.29 is 13.2 Å². The van der Waals surface area contributed by atoms with Crippen molar-refractivity contribution in [2.24, 2.45) is 0 Å². The maximum absolute atomic E-state index is 11.5. The van der Waals surface area contributed by atoms with E-state index in [1.54, 1.807) is 12.1 Å². The highest BCUT2D eigenvalue weighted by Crippen LogP contribution is 2.15. The monoisotopic (exact) mass is 451 g/mol. The quantitative estimate of drug-likeness (QED) is 0.696. The fourth-order valence-electron chi connectivity index (χ4n) is 0.895. The summed E-state index contributed by atoms with van der Waals surface area (Å²) in [6.45, 7) is 0. The zero-order valence-electron chi connectivity index (χ0n) is 7.62. The normalized spacial score (nSPS) is 11.1. The van der Waals surface area contributed by atoms with Gasteiger partial charge in [0.1, 0.15) is 0 Å². The maximum atomic E-state index is 11.5. The SMILES string of the molecule is CS(=O)(=O)NC(=O)c1cc(I)ccc1I.